The number of aromatic nitrogens is 2. The van der Waals surface area contributed by atoms with Gasteiger partial charge in [-0.05, 0) is 18.6 Å². The predicted molar refractivity (Wildman–Crippen MR) is 91.6 cm³/mol. The highest BCUT2D eigenvalue weighted by atomic mass is 16.5. The van der Waals surface area contributed by atoms with Crippen molar-refractivity contribution in [3.8, 4) is 0 Å². The molecule has 1 atom stereocenters. The van der Waals surface area contributed by atoms with Gasteiger partial charge in [-0.1, -0.05) is 30.3 Å². The first-order chi connectivity index (χ1) is 11.8. The zero-order chi connectivity index (χ0) is 16.8. The van der Waals surface area contributed by atoms with E-state index < -0.39 is 0 Å². The topological polar surface area (TPSA) is 58.6 Å². The molecule has 2 heterocycles. The van der Waals surface area contributed by atoms with Gasteiger partial charge in [-0.2, -0.15) is 0 Å². The molecule has 0 N–H and O–H groups in total. The largest absolute Gasteiger partial charge is 0.465 e. The Hall–Kier alpha value is -2.47. The van der Waals surface area contributed by atoms with Gasteiger partial charge >= 0.3 is 5.97 Å². The second-order valence-electron chi connectivity index (χ2n) is 5.64. The number of carbonyl (C=O) groups excluding carboxylic acids is 1. The normalized spacial score (nSPS) is 16.6. The minimum atomic E-state index is -0.356. The Bertz CT molecular complexity index is 643. The number of benzene rings is 1. The monoisotopic (exact) mass is 326 g/mol. The maximum atomic E-state index is 12.5. The van der Waals surface area contributed by atoms with Gasteiger partial charge in [-0.25, -0.2) is 14.8 Å². The summed E-state index contributed by atoms with van der Waals surface area (Å²) < 4.78 is 5.30. The lowest BCUT2D eigenvalue weighted by atomic mass is 10.0. The third kappa shape index (κ3) is 3.71. The first kappa shape index (κ1) is 16.4. The highest BCUT2D eigenvalue weighted by Crippen LogP contribution is 2.24. The summed E-state index contributed by atoms with van der Waals surface area (Å²) in [6, 6.07) is 11.3. The van der Waals surface area contributed by atoms with Crippen LogP contribution in [0.5, 0.6) is 0 Å². The van der Waals surface area contributed by atoms with Crippen molar-refractivity contribution < 1.29 is 9.53 Å². The average Bonchev–Trinajstić information content (AvgIpc) is 2.64. The van der Waals surface area contributed by atoms with Crippen LogP contribution in [-0.2, 0) is 9.53 Å². The van der Waals surface area contributed by atoms with Gasteiger partial charge in [-0.3, -0.25) is 4.90 Å². The first-order valence-corrected chi connectivity index (χ1v) is 8.27. The average molecular weight is 326 g/mol. The maximum absolute atomic E-state index is 12.5. The smallest absolute Gasteiger partial charge is 0.328 e. The molecule has 6 nitrogen and oxygen atoms in total. The quantitative estimate of drug-likeness (QED) is 0.782. The van der Waals surface area contributed by atoms with E-state index in [1.165, 1.54) is 0 Å². The minimum Gasteiger partial charge on any atom is -0.465 e. The van der Waals surface area contributed by atoms with Crippen molar-refractivity contribution in [2.24, 2.45) is 0 Å². The zero-order valence-corrected chi connectivity index (χ0v) is 13.8. The molecular formula is C18H22N4O2. The van der Waals surface area contributed by atoms with E-state index in [4.69, 9.17) is 4.74 Å². The summed E-state index contributed by atoms with van der Waals surface area (Å²) in [4.78, 5) is 25.4. The van der Waals surface area contributed by atoms with Crippen LogP contribution in [0.1, 0.15) is 18.5 Å². The van der Waals surface area contributed by atoms with Crippen LogP contribution in [0.4, 0.5) is 5.95 Å². The molecule has 0 unspecified atom stereocenters. The number of ether oxygens (including phenoxy) is 1. The second-order valence-corrected chi connectivity index (χ2v) is 5.64. The van der Waals surface area contributed by atoms with Crippen LogP contribution in [0.3, 0.4) is 0 Å². The Balaban J connectivity index is 1.72. The molecule has 0 aliphatic carbocycles. The summed E-state index contributed by atoms with van der Waals surface area (Å²) in [7, 11) is 0. The lowest BCUT2D eigenvalue weighted by Crippen LogP contribution is -2.50. The Morgan fingerprint density at radius 2 is 1.75 bits per heavy atom. The standard InChI is InChI=1S/C18H22N4O2/c1-2-24-17(23)16(15-7-4-3-5-8-15)21-11-13-22(14-12-21)18-19-9-6-10-20-18/h3-10,16H,2,11-14H2,1H3/t16-/m0/s1. The first-order valence-electron chi connectivity index (χ1n) is 8.27. The summed E-state index contributed by atoms with van der Waals surface area (Å²) in [6.07, 6.45) is 3.50. The molecule has 0 amide bonds. The fourth-order valence-corrected chi connectivity index (χ4v) is 2.99. The molecule has 1 aliphatic heterocycles. The SMILES string of the molecule is CCOC(=O)[C@H](c1ccccc1)N1CCN(c2ncccn2)CC1. The third-order valence-corrected chi connectivity index (χ3v) is 4.14. The molecule has 0 radical (unpaired) electrons. The predicted octanol–water partition coefficient (Wildman–Crippen LogP) is 1.90. The fourth-order valence-electron chi connectivity index (χ4n) is 2.99. The Kier molecular flexibility index (Phi) is 5.38. The van der Waals surface area contributed by atoms with Crippen LogP contribution in [0.25, 0.3) is 0 Å². The van der Waals surface area contributed by atoms with E-state index in [1.54, 1.807) is 12.4 Å². The van der Waals surface area contributed by atoms with E-state index in [1.807, 2.05) is 43.3 Å². The second kappa shape index (κ2) is 7.88. The van der Waals surface area contributed by atoms with Gasteiger partial charge in [-0.15, -0.1) is 0 Å². The van der Waals surface area contributed by atoms with Gasteiger partial charge in [0.2, 0.25) is 5.95 Å². The highest BCUT2D eigenvalue weighted by Gasteiger charge is 2.31. The molecule has 126 valence electrons. The maximum Gasteiger partial charge on any atom is 0.328 e. The number of anilines is 1. The molecule has 0 spiro atoms. The van der Waals surface area contributed by atoms with Crippen molar-refractivity contribution in [1.29, 1.82) is 0 Å². The highest BCUT2D eigenvalue weighted by molar-refractivity contribution is 5.77. The molecule has 2 aromatic rings. The van der Waals surface area contributed by atoms with Crippen LogP contribution in [0.2, 0.25) is 0 Å². The Morgan fingerprint density at radius 1 is 1.08 bits per heavy atom. The van der Waals surface area contributed by atoms with E-state index in [2.05, 4.69) is 19.8 Å². The van der Waals surface area contributed by atoms with Gasteiger partial charge in [0.15, 0.2) is 0 Å². The molecule has 24 heavy (non-hydrogen) atoms. The van der Waals surface area contributed by atoms with Crippen molar-refractivity contribution in [2.75, 3.05) is 37.7 Å². The molecule has 1 aromatic carbocycles. The third-order valence-electron chi connectivity index (χ3n) is 4.14. The summed E-state index contributed by atoms with van der Waals surface area (Å²) in [5, 5.41) is 0. The molecule has 1 fully saturated rings. The number of rotatable bonds is 5. The number of hydrogen-bond donors (Lipinski definition) is 0. The van der Waals surface area contributed by atoms with Gasteiger partial charge in [0.1, 0.15) is 6.04 Å². The lowest BCUT2D eigenvalue weighted by molar-refractivity contribution is -0.150. The van der Waals surface area contributed by atoms with Crippen molar-refractivity contribution in [1.82, 2.24) is 14.9 Å². The fraction of sp³-hybridized carbons (Fsp3) is 0.389. The molecule has 3 rings (SSSR count). The van der Waals surface area contributed by atoms with Crippen LogP contribution < -0.4 is 4.90 Å². The zero-order valence-electron chi connectivity index (χ0n) is 13.8. The molecule has 1 aromatic heterocycles. The Labute approximate surface area is 142 Å². The summed E-state index contributed by atoms with van der Waals surface area (Å²) >= 11 is 0. The summed E-state index contributed by atoms with van der Waals surface area (Å²) in [6.45, 7) is 5.32. The Morgan fingerprint density at radius 3 is 2.38 bits per heavy atom. The molecular weight excluding hydrogens is 304 g/mol. The van der Waals surface area contributed by atoms with Crippen LogP contribution >= 0.6 is 0 Å². The van der Waals surface area contributed by atoms with Crippen LogP contribution in [0.15, 0.2) is 48.8 Å². The molecule has 1 saturated heterocycles. The van der Waals surface area contributed by atoms with E-state index in [0.29, 0.717) is 6.61 Å². The van der Waals surface area contributed by atoms with E-state index >= 15 is 0 Å². The van der Waals surface area contributed by atoms with E-state index in [-0.39, 0.29) is 12.0 Å². The lowest BCUT2D eigenvalue weighted by Gasteiger charge is -2.38. The minimum absolute atomic E-state index is 0.187. The van der Waals surface area contributed by atoms with Gasteiger partial charge in [0, 0.05) is 38.6 Å². The molecule has 0 bridgehead atoms. The van der Waals surface area contributed by atoms with Crippen molar-refractivity contribution in [3.05, 3.63) is 54.4 Å². The van der Waals surface area contributed by atoms with Gasteiger partial charge in [0.05, 0.1) is 6.61 Å². The van der Waals surface area contributed by atoms with Crippen molar-refractivity contribution in [3.63, 3.8) is 0 Å². The van der Waals surface area contributed by atoms with E-state index in [9.17, 15) is 4.79 Å². The number of piperazine rings is 1. The van der Waals surface area contributed by atoms with Crippen LogP contribution in [0, 0.1) is 0 Å². The molecule has 0 saturated carbocycles. The number of carbonyl (C=O) groups is 1. The summed E-state index contributed by atoms with van der Waals surface area (Å²) in [5.74, 6) is 0.553. The van der Waals surface area contributed by atoms with Gasteiger partial charge < -0.3 is 9.64 Å². The molecule has 6 heteroatoms. The number of hydrogen-bond acceptors (Lipinski definition) is 6. The van der Waals surface area contributed by atoms with Crippen LogP contribution in [-0.4, -0.2) is 53.6 Å². The molecule has 1 aliphatic rings. The summed E-state index contributed by atoms with van der Waals surface area (Å²) in [5.41, 5.74) is 0.973. The van der Waals surface area contributed by atoms with E-state index in [0.717, 1.165) is 37.7 Å². The van der Waals surface area contributed by atoms with Gasteiger partial charge in [0.25, 0.3) is 0 Å². The van der Waals surface area contributed by atoms with Crippen molar-refractivity contribution in [2.45, 2.75) is 13.0 Å². The number of nitrogens with zero attached hydrogens (tertiary/aromatic N) is 4. The number of esters is 1. The van der Waals surface area contributed by atoms with Crippen molar-refractivity contribution >= 4 is 11.9 Å².